The number of hydrogen-bond donors (Lipinski definition) is 1. The number of carbonyl (C=O) groups excluding carboxylic acids is 1. The molecule has 3 heterocycles. The van der Waals surface area contributed by atoms with Gasteiger partial charge >= 0.3 is 6.18 Å². The van der Waals surface area contributed by atoms with Gasteiger partial charge in [-0.05, 0) is 48.9 Å². The molecule has 0 spiro atoms. The number of aromatic nitrogens is 1. The fourth-order valence-electron chi connectivity index (χ4n) is 3.40. The molecule has 4 rings (SSSR count). The number of rotatable bonds is 4. The number of piperidine rings is 1. The molecule has 5 nitrogen and oxygen atoms in total. The molecule has 3 aromatic rings. The molecule has 1 N–H and O–H groups in total. The van der Waals surface area contributed by atoms with E-state index in [4.69, 9.17) is 4.42 Å². The third kappa shape index (κ3) is 4.14. The van der Waals surface area contributed by atoms with Crippen molar-refractivity contribution in [3.63, 3.8) is 0 Å². The molecule has 1 aliphatic heterocycles. The molecule has 152 valence electrons. The topological polar surface area (TPSA) is 58.4 Å². The van der Waals surface area contributed by atoms with Crippen LogP contribution in [0.1, 0.15) is 35.3 Å². The van der Waals surface area contributed by atoms with Gasteiger partial charge < -0.3 is 14.6 Å². The Kier molecular flexibility index (Phi) is 5.31. The van der Waals surface area contributed by atoms with Crippen molar-refractivity contribution < 1.29 is 22.4 Å². The molecule has 29 heavy (non-hydrogen) atoms. The maximum atomic E-state index is 13.3. The van der Waals surface area contributed by atoms with Crippen molar-refractivity contribution >= 4 is 28.6 Å². The highest BCUT2D eigenvalue weighted by Crippen LogP contribution is 2.37. The lowest BCUT2D eigenvalue weighted by molar-refractivity contribution is -0.137. The molecule has 0 bridgehead atoms. The third-order valence-corrected chi connectivity index (χ3v) is 5.66. The SMILES string of the molecule is O=C(Nc1cc(C(F)(F)F)ccc1N1CCCCC1)c1ncoc1-c1cccs1. The number of nitrogens with zero attached hydrogens (tertiary/aromatic N) is 2. The Bertz CT molecular complexity index is 993. The average Bonchev–Trinajstić information content (AvgIpc) is 3.39. The van der Waals surface area contributed by atoms with Gasteiger partial charge in [-0.3, -0.25) is 4.79 Å². The molecular weight excluding hydrogens is 403 g/mol. The summed E-state index contributed by atoms with van der Waals surface area (Å²) < 4.78 is 45.1. The molecule has 0 atom stereocenters. The molecule has 0 radical (unpaired) electrons. The molecule has 9 heteroatoms. The molecule has 2 aromatic heterocycles. The lowest BCUT2D eigenvalue weighted by atomic mass is 10.1. The Morgan fingerprint density at radius 2 is 1.97 bits per heavy atom. The van der Waals surface area contributed by atoms with Crippen LogP contribution in [-0.4, -0.2) is 24.0 Å². The van der Waals surface area contributed by atoms with Gasteiger partial charge in [-0.2, -0.15) is 13.2 Å². The molecule has 0 saturated carbocycles. The molecule has 1 fully saturated rings. The number of alkyl halides is 3. The Morgan fingerprint density at radius 1 is 1.17 bits per heavy atom. The molecule has 1 aromatic carbocycles. The van der Waals surface area contributed by atoms with E-state index < -0.39 is 17.6 Å². The Balaban J connectivity index is 1.68. The second-order valence-corrected chi connectivity index (χ2v) is 7.69. The zero-order valence-electron chi connectivity index (χ0n) is 15.3. The minimum atomic E-state index is -4.50. The van der Waals surface area contributed by atoms with E-state index >= 15 is 0 Å². The highest BCUT2D eigenvalue weighted by Gasteiger charge is 2.32. The second kappa shape index (κ2) is 7.90. The number of benzene rings is 1. The van der Waals surface area contributed by atoms with Crippen LogP contribution in [0, 0.1) is 0 Å². The van der Waals surface area contributed by atoms with E-state index in [1.807, 2.05) is 16.3 Å². The van der Waals surface area contributed by atoms with Crippen LogP contribution in [0.4, 0.5) is 24.5 Å². The number of hydrogen-bond acceptors (Lipinski definition) is 5. The summed E-state index contributed by atoms with van der Waals surface area (Å²) in [6.07, 6.45) is -0.347. The van der Waals surface area contributed by atoms with Crippen molar-refractivity contribution in [1.82, 2.24) is 4.98 Å². The zero-order chi connectivity index (χ0) is 20.4. The summed E-state index contributed by atoms with van der Waals surface area (Å²) in [5.41, 5.74) is -0.0827. The van der Waals surface area contributed by atoms with Crippen LogP contribution >= 0.6 is 11.3 Å². The number of amides is 1. The van der Waals surface area contributed by atoms with Crippen molar-refractivity contribution in [1.29, 1.82) is 0 Å². The molecule has 0 aliphatic carbocycles. The van der Waals surface area contributed by atoms with Gasteiger partial charge in [-0.15, -0.1) is 11.3 Å². The first kappa shape index (κ1) is 19.5. The zero-order valence-corrected chi connectivity index (χ0v) is 16.1. The number of anilines is 2. The Hall–Kier alpha value is -2.81. The van der Waals surface area contributed by atoms with Gasteiger partial charge in [0.05, 0.1) is 21.8 Å². The summed E-state index contributed by atoms with van der Waals surface area (Å²) >= 11 is 1.38. The predicted octanol–water partition coefficient (Wildman–Crippen LogP) is 5.66. The highest BCUT2D eigenvalue weighted by molar-refractivity contribution is 7.13. The van der Waals surface area contributed by atoms with Crippen molar-refractivity contribution in [2.45, 2.75) is 25.4 Å². The summed E-state index contributed by atoms with van der Waals surface area (Å²) in [4.78, 5) is 19.6. The van der Waals surface area contributed by atoms with Crippen LogP contribution in [0.25, 0.3) is 10.6 Å². The third-order valence-electron chi connectivity index (χ3n) is 4.80. The average molecular weight is 421 g/mol. The van der Waals surface area contributed by atoms with Gasteiger partial charge in [0.1, 0.15) is 0 Å². The smallest absolute Gasteiger partial charge is 0.416 e. The van der Waals surface area contributed by atoms with Gasteiger partial charge in [-0.25, -0.2) is 4.98 Å². The summed E-state index contributed by atoms with van der Waals surface area (Å²) in [7, 11) is 0. The normalized spacial score (nSPS) is 14.8. The summed E-state index contributed by atoms with van der Waals surface area (Å²) in [5.74, 6) is -0.316. The minimum absolute atomic E-state index is 0.0365. The minimum Gasteiger partial charge on any atom is -0.442 e. The number of oxazole rings is 1. The van der Waals surface area contributed by atoms with E-state index in [9.17, 15) is 18.0 Å². The Labute approximate surface area is 169 Å². The fraction of sp³-hybridized carbons (Fsp3) is 0.300. The molecule has 0 unspecified atom stereocenters. The van der Waals surface area contributed by atoms with Crippen molar-refractivity contribution in [3.05, 3.63) is 53.4 Å². The molecular formula is C20H18F3N3O2S. The number of nitrogens with one attached hydrogen (secondary N) is 1. The Morgan fingerprint density at radius 3 is 2.66 bits per heavy atom. The van der Waals surface area contributed by atoms with E-state index in [1.165, 1.54) is 17.4 Å². The van der Waals surface area contributed by atoms with Crippen LogP contribution in [0.2, 0.25) is 0 Å². The van der Waals surface area contributed by atoms with Gasteiger partial charge in [0.15, 0.2) is 17.8 Å². The van der Waals surface area contributed by atoms with Gasteiger partial charge in [0, 0.05) is 13.1 Å². The fourth-order valence-corrected chi connectivity index (χ4v) is 4.11. The quantitative estimate of drug-likeness (QED) is 0.590. The van der Waals surface area contributed by atoms with E-state index in [1.54, 1.807) is 6.07 Å². The second-order valence-electron chi connectivity index (χ2n) is 6.74. The lowest BCUT2D eigenvalue weighted by Gasteiger charge is -2.31. The van der Waals surface area contributed by atoms with Crippen LogP contribution in [-0.2, 0) is 6.18 Å². The van der Waals surface area contributed by atoms with Crippen LogP contribution in [0.5, 0.6) is 0 Å². The summed E-state index contributed by atoms with van der Waals surface area (Å²) in [5, 5.41) is 4.46. The van der Waals surface area contributed by atoms with Crippen molar-refractivity contribution in [3.8, 4) is 10.6 Å². The lowest BCUT2D eigenvalue weighted by Crippen LogP contribution is -2.30. The maximum Gasteiger partial charge on any atom is 0.416 e. The van der Waals surface area contributed by atoms with Crippen LogP contribution in [0.15, 0.2) is 46.5 Å². The van der Waals surface area contributed by atoms with Crippen LogP contribution in [0.3, 0.4) is 0 Å². The predicted molar refractivity (Wildman–Crippen MR) is 105 cm³/mol. The summed E-state index contributed by atoms with van der Waals surface area (Å²) in [6, 6.07) is 7.04. The first-order valence-electron chi connectivity index (χ1n) is 9.18. The van der Waals surface area contributed by atoms with Crippen molar-refractivity contribution in [2.24, 2.45) is 0 Å². The van der Waals surface area contributed by atoms with Gasteiger partial charge in [0.25, 0.3) is 5.91 Å². The van der Waals surface area contributed by atoms with E-state index in [2.05, 4.69) is 10.3 Å². The maximum absolute atomic E-state index is 13.3. The first-order valence-corrected chi connectivity index (χ1v) is 10.1. The number of carbonyl (C=O) groups is 1. The molecule has 1 aliphatic rings. The highest BCUT2D eigenvalue weighted by atomic mass is 32.1. The monoisotopic (exact) mass is 421 g/mol. The molecule has 1 saturated heterocycles. The first-order chi connectivity index (χ1) is 13.9. The van der Waals surface area contributed by atoms with E-state index in [-0.39, 0.29) is 11.4 Å². The van der Waals surface area contributed by atoms with Crippen molar-refractivity contribution in [2.75, 3.05) is 23.3 Å². The number of thiophene rings is 1. The summed E-state index contributed by atoms with van der Waals surface area (Å²) in [6.45, 7) is 1.47. The van der Waals surface area contributed by atoms with E-state index in [0.717, 1.165) is 50.9 Å². The number of halogens is 3. The van der Waals surface area contributed by atoms with Gasteiger partial charge in [0.2, 0.25) is 0 Å². The largest absolute Gasteiger partial charge is 0.442 e. The standard InChI is InChI=1S/C20H18F3N3O2S/c21-20(22,23)13-6-7-15(26-8-2-1-3-9-26)14(11-13)25-19(27)17-18(28-12-24-17)16-5-4-10-29-16/h4-7,10-12H,1-3,8-9H2,(H,25,27). The van der Waals surface area contributed by atoms with Gasteiger partial charge in [-0.1, -0.05) is 6.07 Å². The van der Waals surface area contributed by atoms with Crippen LogP contribution < -0.4 is 10.2 Å². The van der Waals surface area contributed by atoms with E-state index in [0.29, 0.717) is 16.3 Å². The molecule has 1 amide bonds.